The second kappa shape index (κ2) is 9.78. The van der Waals surface area contributed by atoms with Crippen LogP contribution in [0.1, 0.15) is 13.8 Å². The molecule has 2 atom stereocenters. The van der Waals surface area contributed by atoms with Gasteiger partial charge in [0.05, 0.1) is 20.7 Å². The molecule has 29 heavy (non-hydrogen) atoms. The number of amides is 1. The summed E-state index contributed by atoms with van der Waals surface area (Å²) < 4.78 is 10.5. The van der Waals surface area contributed by atoms with E-state index < -0.39 is 29.0 Å². The Morgan fingerprint density at radius 2 is 1.72 bits per heavy atom. The van der Waals surface area contributed by atoms with Gasteiger partial charge in [0, 0.05) is 17.2 Å². The molecule has 1 N–H and O–H groups in total. The fourth-order valence-electron chi connectivity index (χ4n) is 2.09. The van der Waals surface area contributed by atoms with E-state index in [2.05, 4.69) is 5.32 Å². The van der Waals surface area contributed by atoms with Gasteiger partial charge in [-0.3, -0.25) is 14.9 Å². The summed E-state index contributed by atoms with van der Waals surface area (Å²) in [5.74, 6) is -1.24. The highest BCUT2D eigenvalue weighted by molar-refractivity contribution is 6.35. The van der Waals surface area contributed by atoms with Crippen LogP contribution < -0.4 is 10.1 Å². The van der Waals surface area contributed by atoms with Crippen molar-refractivity contribution in [3.05, 3.63) is 61.6 Å². The van der Waals surface area contributed by atoms with E-state index in [0.717, 1.165) is 6.07 Å². The Kier molecular flexibility index (Phi) is 7.66. The van der Waals surface area contributed by atoms with Gasteiger partial charge in [0.2, 0.25) is 0 Å². The summed E-state index contributed by atoms with van der Waals surface area (Å²) in [7, 11) is 0. The van der Waals surface area contributed by atoms with Crippen molar-refractivity contribution in [2.45, 2.75) is 26.1 Å². The molecular weight excluding hydrogens is 447 g/mol. The van der Waals surface area contributed by atoms with Crippen molar-refractivity contribution in [1.82, 2.24) is 0 Å². The molecule has 2 unspecified atom stereocenters. The maximum Gasteiger partial charge on any atom is 0.347 e. The van der Waals surface area contributed by atoms with Gasteiger partial charge in [-0.2, -0.15) is 0 Å². The topological polar surface area (TPSA) is 108 Å². The van der Waals surface area contributed by atoms with E-state index >= 15 is 0 Å². The number of hydrogen-bond donors (Lipinski definition) is 1. The van der Waals surface area contributed by atoms with E-state index in [1.807, 2.05) is 0 Å². The molecule has 0 aliphatic rings. The second-order valence-electron chi connectivity index (χ2n) is 5.82. The summed E-state index contributed by atoms with van der Waals surface area (Å²) >= 11 is 17.7. The Morgan fingerprint density at radius 1 is 1.03 bits per heavy atom. The summed E-state index contributed by atoms with van der Waals surface area (Å²) in [6.07, 6.45) is -2.23. The summed E-state index contributed by atoms with van der Waals surface area (Å²) in [5.41, 5.74) is -0.0817. The van der Waals surface area contributed by atoms with E-state index in [4.69, 9.17) is 44.3 Å². The van der Waals surface area contributed by atoms with Crippen LogP contribution in [0.4, 0.5) is 11.4 Å². The van der Waals surface area contributed by atoms with Crippen LogP contribution in [0.15, 0.2) is 36.4 Å². The molecule has 0 radical (unpaired) electrons. The Labute approximate surface area is 180 Å². The van der Waals surface area contributed by atoms with Gasteiger partial charge in [-0.15, -0.1) is 0 Å². The molecule has 0 aliphatic carbocycles. The molecule has 0 aliphatic heterocycles. The lowest BCUT2D eigenvalue weighted by Crippen LogP contribution is -2.35. The maximum absolute atomic E-state index is 12.2. The molecule has 2 aromatic rings. The van der Waals surface area contributed by atoms with Crippen molar-refractivity contribution in [3.63, 3.8) is 0 Å². The van der Waals surface area contributed by atoms with Crippen LogP contribution >= 0.6 is 34.8 Å². The SMILES string of the molecule is CC(OC(=O)C(C)Oc1ccc(Cl)cc1Cl)C(=O)Nc1ccc([N+](=O)[O-])cc1Cl. The normalized spacial score (nSPS) is 12.6. The number of hydrogen-bond acceptors (Lipinski definition) is 6. The van der Waals surface area contributed by atoms with Crippen LogP contribution in [0, 0.1) is 10.1 Å². The van der Waals surface area contributed by atoms with Crippen molar-refractivity contribution in [3.8, 4) is 5.75 Å². The Hall–Kier alpha value is -2.55. The fraction of sp³-hybridized carbons (Fsp3) is 0.222. The first-order valence-corrected chi connectivity index (χ1v) is 9.29. The van der Waals surface area contributed by atoms with Crippen molar-refractivity contribution in [2.75, 3.05) is 5.32 Å². The molecule has 0 heterocycles. The summed E-state index contributed by atoms with van der Waals surface area (Å²) in [6, 6.07) is 8.07. The van der Waals surface area contributed by atoms with E-state index in [1.165, 1.54) is 38.1 Å². The molecule has 0 saturated carbocycles. The average Bonchev–Trinajstić information content (AvgIpc) is 2.65. The number of nitrogens with zero attached hydrogens (tertiary/aromatic N) is 1. The maximum atomic E-state index is 12.2. The minimum atomic E-state index is -1.18. The minimum absolute atomic E-state index is 0.0276. The van der Waals surface area contributed by atoms with Gasteiger partial charge in [0.1, 0.15) is 5.75 Å². The highest BCUT2D eigenvalue weighted by atomic mass is 35.5. The third-order valence-corrected chi connectivity index (χ3v) is 4.46. The van der Waals surface area contributed by atoms with Crippen molar-refractivity contribution in [2.24, 2.45) is 0 Å². The molecule has 0 spiro atoms. The smallest absolute Gasteiger partial charge is 0.347 e. The highest BCUT2D eigenvalue weighted by Crippen LogP contribution is 2.29. The van der Waals surface area contributed by atoms with Crippen molar-refractivity contribution >= 4 is 58.1 Å². The zero-order valence-electron chi connectivity index (χ0n) is 15.1. The van der Waals surface area contributed by atoms with Crippen LogP contribution in [-0.4, -0.2) is 29.0 Å². The number of nitrogens with one attached hydrogen (secondary N) is 1. The van der Waals surface area contributed by atoms with Gasteiger partial charge in [-0.25, -0.2) is 4.79 Å². The molecular formula is C18H15Cl3N2O6. The van der Waals surface area contributed by atoms with Gasteiger partial charge in [0.15, 0.2) is 12.2 Å². The number of nitro groups is 1. The number of anilines is 1. The second-order valence-corrected chi connectivity index (χ2v) is 7.08. The Morgan fingerprint density at radius 3 is 2.31 bits per heavy atom. The predicted molar refractivity (Wildman–Crippen MR) is 109 cm³/mol. The number of benzene rings is 2. The molecule has 1 amide bonds. The van der Waals surface area contributed by atoms with E-state index in [-0.39, 0.29) is 27.2 Å². The minimum Gasteiger partial charge on any atom is -0.477 e. The number of rotatable bonds is 7. The molecule has 2 rings (SSSR count). The van der Waals surface area contributed by atoms with Gasteiger partial charge in [-0.05, 0) is 38.1 Å². The molecule has 11 heteroatoms. The van der Waals surface area contributed by atoms with Gasteiger partial charge in [-0.1, -0.05) is 34.8 Å². The number of carbonyl (C=O) groups is 2. The van der Waals surface area contributed by atoms with Crippen LogP contribution in [0.5, 0.6) is 5.75 Å². The fourth-order valence-corrected chi connectivity index (χ4v) is 2.76. The Bertz CT molecular complexity index is 953. The van der Waals surface area contributed by atoms with Crippen molar-refractivity contribution < 1.29 is 24.0 Å². The molecule has 0 aromatic heterocycles. The average molecular weight is 462 g/mol. The summed E-state index contributed by atoms with van der Waals surface area (Å²) in [4.78, 5) is 34.5. The largest absolute Gasteiger partial charge is 0.477 e. The molecule has 8 nitrogen and oxygen atoms in total. The zero-order chi connectivity index (χ0) is 21.7. The van der Waals surface area contributed by atoms with Gasteiger partial charge < -0.3 is 14.8 Å². The molecule has 2 aromatic carbocycles. The number of carbonyl (C=O) groups excluding carboxylic acids is 2. The van der Waals surface area contributed by atoms with E-state index in [1.54, 1.807) is 6.07 Å². The number of nitro benzene ring substituents is 1. The zero-order valence-corrected chi connectivity index (χ0v) is 17.4. The predicted octanol–water partition coefficient (Wildman–Crippen LogP) is 4.89. The molecule has 154 valence electrons. The Balaban J connectivity index is 1.96. The number of halogens is 3. The van der Waals surface area contributed by atoms with Gasteiger partial charge in [0.25, 0.3) is 11.6 Å². The quantitative estimate of drug-likeness (QED) is 0.357. The first kappa shape index (κ1) is 22.7. The third-order valence-electron chi connectivity index (χ3n) is 3.61. The number of esters is 1. The first-order valence-electron chi connectivity index (χ1n) is 8.15. The molecule has 0 fully saturated rings. The van der Waals surface area contributed by atoms with Crippen LogP contribution in [0.25, 0.3) is 0 Å². The monoisotopic (exact) mass is 460 g/mol. The third kappa shape index (κ3) is 6.22. The molecule has 0 saturated heterocycles. The van der Waals surface area contributed by atoms with E-state index in [9.17, 15) is 19.7 Å². The highest BCUT2D eigenvalue weighted by Gasteiger charge is 2.24. The standard InChI is InChI=1S/C18H15Cl3N2O6/c1-9(17(24)22-15-5-4-12(23(26)27)8-13(15)20)29-18(25)10(2)28-16-6-3-11(19)7-14(16)21/h3-10H,1-2H3,(H,22,24). The van der Waals surface area contributed by atoms with Gasteiger partial charge >= 0.3 is 5.97 Å². The van der Waals surface area contributed by atoms with Crippen LogP contribution in [0.2, 0.25) is 15.1 Å². The number of ether oxygens (including phenoxy) is 2. The van der Waals surface area contributed by atoms with Crippen LogP contribution in [-0.2, 0) is 14.3 Å². The lowest BCUT2D eigenvalue weighted by Gasteiger charge is -2.18. The van der Waals surface area contributed by atoms with E-state index in [0.29, 0.717) is 5.02 Å². The molecule has 0 bridgehead atoms. The lowest BCUT2D eigenvalue weighted by atomic mass is 10.2. The van der Waals surface area contributed by atoms with Crippen molar-refractivity contribution in [1.29, 1.82) is 0 Å². The first-order chi connectivity index (χ1) is 13.6. The number of non-ortho nitro benzene ring substituents is 1. The lowest BCUT2D eigenvalue weighted by molar-refractivity contribution is -0.384. The summed E-state index contributed by atoms with van der Waals surface area (Å²) in [6.45, 7) is 2.79. The summed E-state index contributed by atoms with van der Waals surface area (Å²) in [5, 5.41) is 13.8. The van der Waals surface area contributed by atoms with Crippen LogP contribution in [0.3, 0.4) is 0 Å².